The molecule has 2 heterocycles. The van der Waals surface area contributed by atoms with Crippen LogP contribution in [0.1, 0.15) is 30.5 Å². The third kappa shape index (κ3) is 3.06. The van der Waals surface area contributed by atoms with E-state index in [0.717, 1.165) is 17.1 Å². The summed E-state index contributed by atoms with van der Waals surface area (Å²) < 4.78 is 8.79. The van der Waals surface area contributed by atoms with E-state index in [0.29, 0.717) is 0 Å². The minimum Gasteiger partial charge on any atom is -0.456 e. The fourth-order valence-electron chi connectivity index (χ4n) is 3.72. The van der Waals surface area contributed by atoms with Gasteiger partial charge in [-0.25, -0.2) is 0 Å². The minimum absolute atomic E-state index is 0.125. The van der Waals surface area contributed by atoms with Gasteiger partial charge in [0, 0.05) is 35.1 Å². The quantitative estimate of drug-likeness (QED) is 0.428. The summed E-state index contributed by atoms with van der Waals surface area (Å²) in [5, 5.41) is 4.72. The molecule has 0 saturated carbocycles. The molecule has 0 spiro atoms. The first-order valence-electron chi connectivity index (χ1n) is 9.42. The average molecular weight is 388 g/mol. The second kappa shape index (κ2) is 7.33. The Balaban J connectivity index is 1.88. The Morgan fingerprint density at radius 3 is 2.39 bits per heavy atom. The molecule has 4 rings (SSSR count). The lowest BCUT2D eigenvalue weighted by Gasteiger charge is -2.37. The van der Waals surface area contributed by atoms with Gasteiger partial charge < -0.3 is 14.2 Å². The Morgan fingerprint density at radius 2 is 1.68 bits per heavy atom. The zero-order chi connectivity index (χ0) is 19.7. The van der Waals surface area contributed by atoms with Crippen LogP contribution in [0.5, 0.6) is 11.5 Å². The van der Waals surface area contributed by atoms with Crippen molar-refractivity contribution in [3.63, 3.8) is 0 Å². The van der Waals surface area contributed by atoms with Gasteiger partial charge in [0.2, 0.25) is 0 Å². The third-order valence-electron chi connectivity index (χ3n) is 5.23. The van der Waals surface area contributed by atoms with Gasteiger partial charge in [0.05, 0.1) is 5.30 Å². The molecule has 0 bridgehead atoms. The first kappa shape index (κ1) is 18.6. The maximum absolute atomic E-state index is 6.58. The van der Waals surface area contributed by atoms with Crippen LogP contribution in [0.15, 0.2) is 85.9 Å². The predicted molar refractivity (Wildman–Crippen MR) is 119 cm³/mol. The number of nitrogens with one attached hydrogen (secondary N) is 1. The normalized spacial score (nSPS) is 15.4. The predicted octanol–water partition coefficient (Wildman–Crippen LogP) is 6.00. The number of fused-ring (bicyclic) bond motifs is 2. The Bertz CT molecular complexity index is 1030. The minimum atomic E-state index is -0.873. The van der Waals surface area contributed by atoms with Crippen molar-refractivity contribution >= 4 is 13.5 Å². The molecule has 2 aromatic carbocycles. The fraction of sp³-hybridized carbons (Fsp3) is 0.167. The molecule has 1 aliphatic rings. The van der Waals surface area contributed by atoms with Gasteiger partial charge in [-0.3, -0.25) is 0 Å². The van der Waals surface area contributed by atoms with Crippen LogP contribution < -0.4 is 15.1 Å². The second-order valence-corrected chi connectivity index (χ2v) is 9.26. The molecule has 1 N–H and O–H groups in total. The van der Waals surface area contributed by atoms with Crippen LogP contribution in [0.2, 0.25) is 0 Å². The van der Waals surface area contributed by atoms with Crippen molar-refractivity contribution in [2.24, 2.45) is 0 Å². The van der Waals surface area contributed by atoms with Crippen molar-refractivity contribution in [3.05, 3.63) is 103 Å². The molecule has 3 nitrogen and oxygen atoms in total. The zero-order valence-electron chi connectivity index (χ0n) is 16.5. The van der Waals surface area contributed by atoms with E-state index in [1.54, 1.807) is 6.08 Å². The van der Waals surface area contributed by atoms with Gasteiger partial charge in [0.1, 0.15) is 19.7 Å². The number of benzene rings is 2. The lowest BCUT2D eigenvalue weighted by atomic mass is 9.75. The molecule has 0 amide bonds. The molecular formula is C24H25N2OP. The molecule has 0 saturated heterocycles. The monoisotopic (exact) mass is 388 g/mol. The van der Waals surface area contributed by atoms with Crippen LogP contribution >= 0.6 is 8.22 Å². The summed E-state index contributed by atoms with van der Waals surface area (Å²) >= 11 is 0. The molecule has 28 heavy (non-hydrogen) atoms. The van der Waals surface area contributed by atoms with E-state index in [-0.39, 0.29) is 5.41 Å². The van der Waals surface area contributed by atoms with E-state index in [2.05, 4.69) is 85.6 Å². The van der Waals surface area contributed by atoms with Gasteiger partial charge in [0.25, 0.3) is 0 Å². The smallest absolute Gasteiger partial charge is 0.142 e. The molecule has 3 aromatic rings. The van der Waals surface area contributed by atoms with Gasteiger partial charge in [0.15, 0.2) is 0 Å². The van der Waals surface area contributed by atoms with E-state index >= 15 is 0 Å². The second-order valence-electron chi connectivity index (χ2n) is 7.43. The molecule has 4 heteroatoms. The number of para-hydroxylation sites is 2. The van der Waals surface area contributed by atoms with E-state index in [1.807, 2.05) is 24.4 Å². The summed E-state index contributed by atoms with van der Waals surface area (Å²) in [6.45, 7) is 10.4. The highest BCUT2D eigenvalue weighted by Crippen LogP contribution is 2.50. The highest BCUT2D eigenvalue weighted by molar-refractivity contribution is 7.62. The van der Waals surface area contributed by atoms with Crippen molar-refractivity contribution in [2.45, 2.75) is 26.2 Å². The topological polar surface area (TPSA) is 26.2 Å². The summed E-state index contributed by atoms with van der Waals surface area (Å²) in [5.74, 6) is 1.95. The van der Waals surface area contributed by atoms with Gasteiger partial charge >= 0.3 is 0 Å². The molecule has 1 atom stereocenters. The van der Waals surface area contributed by atoms with E-state index in [1.165, 1.54) is 16.4 Å². The number of hydrogen-bond acceptors (Lipinski definition) is 2. The molecule has 0 radical (unpaired) electrons. The lowest BCUT2D eigenvalue weighted by Crippen LogP contribution is -2.29. The van der Waals surface area contributed by atoms with Crippen LogP contribution in [-0.4, -0.2) is 4.34 Å². The number of aromatic nitrogens is 1. The number of hydrogen-bond donors (Lipinski definition) is 1. The number of rotatable bonds is 5. The molecule has 1 unspecified atom stereocenters. The van der Waals surface area contributed by atoms with Crippen LogP contribution in [0.3, 0.4) is 0 Å². The zero-order valence-corrected chi connectivity index (χ0v) is 17.4. The first-order chi connectivity index (χ1) is 13.5. The largest absolute Gasteiger partial charge is 0.456 e. The SMILES string of the molecule is C=C/C=C\NP(c1cccc2c1Oc1c(C)cccc1C2(C)C)n1cccc1. The molecule has 1 aromatic heterocycles. The van der Waals surface area contributed by atoms with E-state index < -0.39 is 8.22 Å². The van der Waals surface area contributed by atoms with Gasteiger partial charge in [-0.1, -0.05) is 56.8 Å². The van der Waals surface area contributed by atoms with Crippen molar-refractivity contribution in [3.8, 4) is 11.5 Å². The summed E-state index contributed by atoms with van der Waals surface area (Å²) in [7, 11) is -0.873. The van der Waals surface area contributed by atoms with Crippen LogP contribution in [0.25, 0.3) is 0 Å². The van der Waals surface area contributed by atoms with Crippen LogP contribution in [-0.2, 0) is 5.41 Å². The average Bonchev–Trinajstić information content (AvgIpc) is 3.21. The molecule has 0 fully saturated rings. The Hall–Kier alpha value is -2.77. The molecular weight excluding hydrogens is 363 g/mol. The Morgan fingerprint density at radius 1 is 1.00 bits per heavy atom. The summed E-state index contributed by atoms with van der Waals surface area (Å²) in [5.41, 5.74) is 3.50. The van der Waals surface area contributed by atoms with Crippen LogP contribution in [0, 0.1) is 6.92 Å². The number of ether oxygens (including phenoxy) is 1. The standard InChI is InChI=1S/C24H25N2OP/c1-5-6-15-25-28(26-16-7-8-17-26)21-14-10-13-20-23(21)27-22-18(2)11-9-12-19(22)24(20,3)4/h5-17,25H,1H2,2-4H3/b15-6-. The Kier molecular flexibility index (Phi) is 4.87. The van der Waals surface area contributed by atoms with Gasteiger partial charge in [-0.2, -0.15) is 0 Å². The fourth-order valence-corrected chi connectivity index (χ4v) is 5.47. The third-order valence-corrected chi connectivity index (χ3v) is 7.16. The summed E-state index contributed by atoms with van der Waals surface area (Å²) in [6, 6.07) is 17.0. The number of aryl methyl sites for hydroxylation is 1. The molecule has 1 aliphatic heterocycles. The Labute approximate surface area is 168 Å². The van der Waals surface area contributed by atoms with Crippen molar-refractivity contribution < 1.29 is 4.74 Å². The highest BCUT2D eigenvalue weighted by atomic mass is 31.1. The summed E-state index contributed by atoms with van der Waals surface area (Å²) in [6.07, 6.45) is 9.82. The van der Waals surface area contributed by atoms with Crippen molar-refractivity contribution in [2.75, 3.05) is 0 Å². The lowest BCUT2D eigenvalue weighted by molar-refractivity contribution is 0.418. The maximum atomic E-state index is 6.58. The van der Waals surface area contributed by atoms with Crippen LogP contribution in [0.4, 0.5) is 0 Å². The van der Waals surface area contributed by atoms with Gasteiger partial charge in [-0.05, 0) is 36.8 Å². The molecule has 142 valence electrons. The highest BCUT2D eigenvalue weighted by Gasteiger charge is 2.37. The van der Waals surface area contributed by atoms with E-state index in [9.17, 15) is 0 Å². The number of nitrogens with zero attached hydrogens (tertiary/aromatic N) is 1. The van der Waals surface area contributed by atoms with Gasteiger partial charge in [-0.15, -0.1) is 0 Å². The summed E-state index contributed by atoms with van der Waals surface area (Å²) in [4.78, 5) is 0. The first-order valence-corrected chi connectivity index (χ1v) is 10.7. The van der Waals surface area contributed by atoms with Crippen molar-refractivity contribution in [1.29, 1.82) is 0 Å². The molecule has 0 aliphatic carbocycles. The van der Waals surface area contributed by atoms with Crippen molar-refractivity contribution in [1.82, 2.24) is 9.42 Å². The number of allylic oxidation sites excluding steroid dienone is 2. The van der Waals surface area contributed by atoms with E-state index in [4.69, 9.17) is 4.74 Å². The maximum Gasteiger partial charge on any atom is 0.142 e.